The van der Waals surface area contributed by atoms with Gasteiger partial charge in [-0.2, -0.15) is 0 Å². The number of rotatable bonds is 4. The van der Waals surface area contributed by atoms with Crippen LogP contribution in [0.5, 0.6) is 0 Å². The van der Waals surface area contributed by atoms with Gasteiger partial charge in [-0.3, -0.25) is 9.69 Å². The Balaban J connectivity index is 1.73. The van der Waals surface area contributed by atoms with Crippen molar-refractivity contribution in [2.24, 2.45) is 0 Å². The summed E-state index contributed by atoms with van der Waals surface area (Å²) in [6, 6.07) is 8.03. The van der Waals surface area contributed by atoms with Crippen molar-refractivity contribution < 1.29 is 9.53 Å². The second kappa shape index (κ2) is 6.06. The first kappa shape index (κ1) is 15.0. The van der Waals surface area contributed by atoms with Crippen molar-refractivity contribution in [2.75, 3.05) is 20.2 Å². The van der Waals surface area contributed by atoms with Crippen LogP contribution in [0.3, 0.4) is 0 Å². The molecule has 1 fully saturated rings. The lowest BCUT2D eigenvalue weighted by Crippen LogP contribution is -2.44. The molecule has 0 aliphatic carbocycles. The van der Waals surface area contributed by atoms with Crippen molar-refractivity contribution in [1.29, 1.82) is 0 Å². The summed E-state index contributed by atoms with van der Waals surface area (Å²) in [5.41, 5.74) is 1.66. The van der Waals surface area contributed by atoms with Crippen LogP contribution in [0.2, 0.25) is 0 Å². The van der Waals surface area contributed by atoms with Crippen LogP contribution in [-0.4, -0.2) is 59.2 Å². The number of H-pyrrole nitrogens is 1. The fourth-order valence-electron chi connectivity index (χ4n) is 2.90. The summed E-state index contributed by atoms with van der Waals surface area (Å²) < 4.78 is 5.51. The average molecular weight is 302 g/mol. The third kappa shape index (κ3) is 2.84. The van der Waals surface area contributed by atoms with Crippen LogP contribution in [0.25, 0.3) is 11.0 Å². The molecule has 1 saturated heterocycles. The summed E-state index contributed by atoms with van der Waals surface area (Å²) in [6.45, 7) is 5.92. The van der Waals surface area contributed by atoms with E-state index in [1.165, 1.54) is 0 Å². The predicted octanol–water partition coefficient (Wildman–Crippen LogP) is 1.40. The Morgan fingerprint density at radius 3 is 2.86 bits per heavy atom. The Morgan fingerprint density at radius 1 is 1.41 bits per heavy atom. The van der Waals surface area contributed by atoms with E-state index >= 15 is 0 Å². The van der Waals surface area contributed by atoms with Gasteiger partial charge >= 0.3 is 0 Å². The number of ether oxygens (including phenoxy) is 1. The number of para-hydroxylation sites is 2. The molecule has 2 atom stereocenters. The van der Waals surface area contributed by atoms with Gasteiger partial charge in [0.15, 0.2) is 5.82 Å². The van der Waals surface area contributed by atoms with Crippen LogP contribution in [0.4, 0.5) is 0 Å². The van der Waals surface area contributed by atoms with E-state index in [9.17, 15) is 4.79 Å². The maximum atomic E-state index is 12.4. The van der Waals surface area contributed by atoms with Crippen molar-refractivity contribution in [3.05, 3.63) is 30.1 Å². The van der Waals surface area contributed by atoms with Crippen LogP contribution in [0.1, 0.15) is 24.5 Å². The van der Waals surface area contributed by atoms with Gasteiger partial charge in [-0.15, -0.1) is 0 Å². The van der Waals surface area contributed by atoms with Crippen molar-refractivity contribution in [3.8, 4) is 0 Å². The van der Waals surface area contributed by atoms with Gasteiger partial charge in [0.2, 0.25) is 0 Å². The molecule has 1 amide bonds. The topological polar surface area (TPSA) is 70.2 Å². The third-order valence-electron chi connectivity index (χ3n) is 4.25. The molecule has 0 unspecified atom stereocenters. The lowest BCUT2D eigenvalue weighted by Gasteiger charge is -2.19. The number of benzene rings is 1. The minimum absolute atomic E-state index is 0.00993. The number of nitrogens with zero attached hydrogens (tertiary/aromatic N) is 2. The average Bonchev–Trinajstić information content (AvgIpc) is 3.10. The molecule has 6 heteroatoms. The van der Waals surface area contributed by atoms with Gasteiger partial charge in [-0.25, -0.2) is 4.98 Å². The van der Waals surface area contributed by atoms with Gasteiger partial charge in [0.25, 0.3) is 5.91 Å². The molecule has 3 rings (SSSR count). The first-order valence-corrected chi connectivity index (χ1v) is 7.61. The van der Waals surface area contributed by atoms with Gasteiger partial charge in [0.1, 0.15) is 0 Å². The normalized spacial score (nSPS) is 22.5. The number of fused-ring (bicyclic) bond motifs is 1. The molecule has 1 aliphatic heterocycles. The Morgan fingerprint density at radius 2 is 2.18 bits per heavy atom. The van der Waals surface area contributed by atoms with Crippen LogP contribution in [0.15, 0.2) is 24.3 Å². The highest BCUT2D eigenvalue weighted by molar-refractivity contribution is 5.94. The van der Waals surface area contributed by atoms with Gasteiger partial charge in [0, 0.05) is 26.2 Å². The number of aromatic nitrogens is 2. The molecule has 6 nitrogen and oxygen atoms in total. The maximum absolute atomic E-state index is 12.4. The van der Waals surface area contributed by atoms with Crippen molar-refractivity contribution in [3.63, 3.8) is 0 Å². The van der Waals surface area contributed by atoms with Crippen LogP contribution < -0.4 is 5.32 Å². The standard InChI is InChI=1S/C16H22N4O2/c1-10(2)20-8-13(14(9-20)22-3)19-16(21)15-17-11-6-4-5-7-12(11)18-15/h4-7,10,13-14H,8-9H2,1-3H3,(H,17,18)(H,19,21)/t13-,14-/m0/s1. The highest BCUT2D eigenvalue weighted by Gasteiger charge is 2.35. The highest BCUT2D eigenvalue weighted by Crippen LogP contribution is 2.17. The molecular weight excluding hydrogens is 280 g/mol. The van der Waals surface area contributed by atoms with E-state index in [1.54, 1.807) is 7.11 Å². The summed E-state index contributed by atoms with van der Waals surface area (Å²) in [7, 11) is 1.69. The fraction of sp³-hybridized carbons (Fsp3) is 0.500. The number of nitrogens with one attached hydrogen (secondary N) is 2. The van der Waals surface area contributed by atoms with E-state index in [1.807, 2.05) is 24.3 Å². The number of amides is 1. The zero-order chi connectivity index (χ0) is 15.7. The summed E-state index contributed by atoms with van der Waals surface area (Å²) in [5, 5.41) is 3.04. The molecule has 118 valence electrons. The Hall–Kier alpha value is -1.92. The molecule has 2 heterocycles. The van der Waals surface area contributed by atoms with Gasteiger partial charge < -0.3 is 15.0 Å². The lowest BCUT2D eigenvalue weighted by atomic mass is 10.2. The Labute approximate surface area is 129 Å². The number of carbonyl (C=O) groups excluding carboxylic acids is 1. The minimum Gasteiger partial charge on any atom is -0.378 e. The van der Waals surface area contributed by atoms with E-state index in [0.29, 0.717) is 11.9 Å². The van der Waals surface area contributed by atoms with E-state index in [2.05, 4.69) is 34.0 Å². The number of methoxy groups -OCH3 is 1. The first-order valence-electron chi connectivity index (χ1n) is 7.61. The third-order valence-corrected chi connectivity index (χ3v) is 4.25. The number of likely N-dealkylation sites (tertiary alicyclic amines) is 1. The molecular formula is C16H22N4O2. The summed E-state index contributed by atoms with van der Waals surface area (Å²) in [4.78, 5) is 22.1. The van der Waals surface area contributed by atoms with Crippen LogP contribution >= 0.6 is 0 Å². The quantitative estimate of drug-likeness (QED) is 0.895. The second-order valence-electron chi connectivity index (χ2n) is 6.00. The zero-order valence-corrected chi connectivity index (χ0v) is 13.2. The molecule has 1 aromatic heterocycles. The summed E-state index contributed by atoms with van der Waals surface area (Å²) >= 11 is 0. The van der Waals surface area contributed by atoms with Crippen molar-refractivity contribution in [2.45, 2.75) is 32.0 Å². The second-order valence-corrected chi connectivity index (χ2v) is 6.00. The molecule has 22 heavy (non-hydrogen) atoms. The van der Waals surface area contributed by atoms with Crippen molar-refractivity contribution >= 4 is 16.9 Å². The number of hydrogen-bond acceptors (Lipinski definition) is 4. The van der Waals surface area contributed by atoms with Gasteiger partial charge in [-0.1, -0.05) is 12.1 Å². The summed E-state index contributed by atoms with van der Waals surface area (Å²) in [5.74, 6) is 0.160. The first-order chi connectivity index (χ1) is 10.6. The zero-order valence-electron chi connectivity index (χ0n) is 13.2. The van der Waals surface area contributed by atoms with Crippen molar-refractivity contribution in [1.82, 2.24) is 20.2 Å². The van der Waals surface area contributed by atoms with Crippen LogP contribution in [0, 0.1) is 0 Å². The van der Waals surface area contributed by atoms with E-state index in [-0.39, 0.29) is 18.1 Å². The van der Waals surface area contributed by atoms with Crippen LogP contribution in [-0.2, 0) is 4.74 Å². The Kier molecular flexibility index (Phi) is 4.13. The molecule has 1 aliphatic rings. The van der Waals surface area contributed by atoms with Gasteiger partial charge in [-0.05, 0) is 26.0 Å². The minimum atomic E-state index is -0.186. The molecule has 1 aromatic carbocycles. The van der Waals surface area contributed by atoms with E-state index in [4.69, 9.17) is 4.74 Å². The largest absolute Gasteiger partial charge is 0.378 e. The number of aromatic amines is 1. The monoisotopic (exact) mass is 302 g/mol. The molecule has 0 saturated carbocycles. The summed E-state index contributed by atoms with van der Waals surface area (Å²) in [6.07, 6.45) is 0.00993. The molecule has 0 radical (unpaired) electrons. The smallest absolute Gasteiger partial charge is 0.287 e. The lowest BCUT2D eigenvalue weighted by molar-refractivity contribution is 0.0748. The maximum Gasteiger partial charge on any atom is 0.287 e. The molecule has 0 spiro atoms. The predicted molar refractivity (Wildman–Crippen MR) is 84.9 cm³/mol. The number of imidazole rings is 1. The SMILES string of the molecule is CO[C@H]1CN(C(C)C)C[C@@H]1NC(=O)c1nc2ccccc2[nH]1. The molecule has 2 N–H and O–H groups in total. The van der Waals surface area contributed by atoms with E-state index in [0.717, 1.165) is 24.1 Å². The molecule has 0 bridgehead atoms. The number of hydrogen-bond donors (Lipinski definition) is 2. The fourth-order valence-corrected chi connectivity index (χ4v) is 2.90. The number of carbonyl (C=O) groups is 1. The molecule has 2 aromatic rings. The van der Waals surface area contributed by atoms with Gasteiger partial charge in [0.05, 0.1) is 23.2 Å². The van der Waals surface area contributed by atoms with E-state index < -0.39 is 0 Å². The highest BCUT2D eigenvalue weighted by atomic mass is 16.5. The Bertz CT molecular complexity index is 634.